The monoisotopic (exact) mass is 161 g/mol. The Morgan fingerprint density at radius 2 is 2.17 bits per heavy atom. The summed E-state index contributed by atoms with van der Waals surface area (Å²) in [7, 11) is 0. The molecule has 0 amide bonds. The Morgan fingerprint density at radius 1 is 1.25 bits per heavy atom. The van der Waals surface area contributed by atoms with Crippen LogP contribution < -0.4 is 5.73 Å². The highest BCUT2D eigenvalue weighted by molar-refractivity contribution is 5.52. The van der Waals surface area contributed by atoms with Gasteiger partial charge >= 0.3 is 0 Å². The minimum atomic E-state index is 0.415. The normalized spacial score (nSPS) is 10.0. The van der Waals surface area contributed by atoms with Crippen LogP contribution in [0.1, 0.15) is 0 Å². The number of anilines is 1. The second kappa shape index (κ2) is 2.61. The van der Waals surface area contributed by atoms with Crippen molar-refractivity contribution in [2.24, 2.45) is 0 Å². The molecule has 2 aromatic heterocycles. The predicted octanol–water partition coefficient (Wildman–Crippen LogP) is 0.449. The topological polar surface area (TPSA) is 80.5 Å². The van der Waals surface area contributed by atoms with Crippen LogP contribution in [-0.2, 0) is 0 Å². The summed E-state index contributed by atoms with van der Waals surface area (Å²) < 4.78 is 0. The van der Waals surface area contributed by atoms with Crippen molar-refractivity contribution in [3.05, 3.63) is 24.7 Å². The molecule has 0 saturated carbocycles. The molecule has 2 aromatic rings. The fourth-order valence-corrected chi connectivity index (χ4v) is 0.876. The van der Waals surface area contributed by atoms with Gasteiger partial charge in [-0.2, -0.15) is 5.10 Å². The van der Waals surface area contributed by atoms with Gasteiger partial charge in [-0.3, -0.25) is 5.10 Å². The third-order valence-electron chi connectivity index (χ3n) is 1.45. The molecular formula is C7H7N5. The molecule has 60 valence electrons. The van der Waals surface area contributed by atoms with Crippen molar-refractivity contribution in [3.8, 4) is 11.4 Å². The summed E-state index contributed by atoms with van der Waals surface area (Å²) in [5, 5.41) is 6.58. The Kier molecular flexibility index (Phi) is 1.48. The first-order valence-electron chi connectivity index (χ1n) is 3.43. The third-order valence-corrected chi connectivity index (χ3v) is 1.45. The van der Waals surface area contributed by atoms with E-state index in [1.165, 1.54) is 6.20 Å². The van der Waals surface area contributed by atoms with Gasteiger partial charge in [-0.05, 0) is 6.07 Å². The van der Waals surface area contributed by atoms with Crippen LogP contribution in [-0.4, -0.2) is 20.2 Å². The van der Waals surface area contributed by atoms with Crippen molar-refractivity contribution in [2.45, 2.75) is 0 Å². The van der Waals surface area contributed by atoms with Crippen LogP contribution in [0.3, 0.4) is 0 Å². The molecule has 5 nitrogen and oxygen atoms in total. The zero-order valence-corrected chi connectivity index (χ0v) is 6.23. The van der Waals surface area contributed by atoms with Crippen molar-refractivity contribution in [3.63, 3.8) is 0 Å². The first-order valence-corrected chi connectivity index (χ1v) is 3.43. The van der Waals surface area contributed by atoms with Crippen molar-refractivity contribution in [2.75, 3.05) is 5.73 Å². The van der Waals surface area contributed by atoms with Crippen molar-refractivity contribution in [1.82, 2.24) is 20.2 Å². The molecular weight excluding hydrogens is 154 g/mol. The number of hydrogen-bond acceptors (Lipinski definition) is 4. The van der Waals surface area contributed by atoms with Crippen molar-refractivity contribution in [1.29, 1.82) is 0 Å². The van der Waals surface area contributed by atoms with E-state index in [9.17, 15) is 0 Å². The average Bonchev–Trinajstić information content (AvgIpc) is 2.58. The quantitative estimate of drug-likeness (QED) is 0.636. The molecule has 0 atom stereocenters. The Labute approximate surface area is 68.7 Å². The van der Waals surface area contributed by atoms with Crippen LogP contribution in [0.25, 0.3) is 11.4 Å². The molecule has 0 aliphatic heterocycles. The maximum atomic E-state index is 5.38. The molecule has 5 heteroatoms. The largest absolute Gasteiger partial charge is 0.382 e. The molecule has 0 unspecified atom stereocenters. The Morgan fingerprint density at radius 3 is 2.75 bits per heavy atom. The average molecular weight is 161 g/mol. The highest BCUT2D eigenvalue weighted by Crippen LogP contribution is 2.10. The molecule has 0 aliphatic carbocycles. The molecule has 3 N–H and O–H groups in total. The van der Waals surface area contributed by atoms with Gasteiger partial charge in [0.05, 0.1) is 18.1 Å². The van der Waals surface area contributed by atoms with E-state index >= 15 is 0 Å². The molecule has 0 aromatic carbocycles. The van der Waals surface area contributed by atoms with E-state index in [-0.39, 0.29) is 0 Å². The minimum Gasteiger partial charge on any atom is -0.382 e. The number of hydrogen-bond donors (Lipinski definition) is 2. The maximum Gasteiger partial charge on any atom is 0.141 e. The molecule has 0 spiro atoms. The number of nitrogens with two attached hydrogens (primary N) is 1. The van der Waals surface area contributed by atoms with E-state index in [1.54, 1.807) is 12.4 Å². The molecule has 0 saturated heterocycles. The molecule has 0 radical (unpaired) electrons. The molecule has 0 fully saturated rings. The van der Waals surface area contributed by atoms with Gasteiger partial charge in [0, 0.05) is 6.20 Å². The van der Waals surface area contributed by atoms with Crippen LogP contribution in [0, 0.1) is 0 Å². The number of nitrogens with one attached hydrogen (secondary N) is 1. The smallest absolute Gasteiger partial charge is 0.141 e. The highest BCUT2D eigenvalue weighted by atomic mass is 15.1. The number of aromatic nitrogens is 4. The summed E-state index contributed by atoms with van der Waals surface area (Å²) >= 11 is 0. The van der Waals surface area contributed by atoms with Crippen LogP contribution in [0.4, 0.5) is 5.82 Å². The van der Waals surface area contributed by atoms with Crippen LogP contribution >= 0.6 is 0 Å². The van der Waals surface area contributed by atoms with E-state index in [2.05, 4.69) is 20.2 Å². The zero-order valence-electron chi connectivity index (χ0n) is 6.23. The number of nitrogens with zero attached hydrogens (tertiary/aromatic N) is 3. The molecule has 0 aliphatic rings. The van der Waals surface area contributed by atoms with E-state index in [4.69, 9.17) is 5.73 Å². The van der Waals surface area contributed by atoms with Gasteiger partial charge in [0.15, 0.2) is 0 Å². The lowest BCUT2D eigenvalue weighted by molar-refractivity contribution is 1.08. The summed E-state index contributed by atoms with van der Waals surface area (Å²) in [5.74, 6) is 0.415. The van der Waals surface area contributed by atoms with Gasteiger partial charge in [-0.15, -0.1) is 0 Å². The van der Waals surface area contributed by atoms with Crippen LogP contribution in [0.5, 0.6) is 0 Å². The van der Waals surface area contributed by atoms with E-state index in [1.807, 2.05) is 6.07 Å². The predicted molar refractivity (Wildman–Crippen MR) is 44.0 cm³/mol. The fraction of sp³-hybridized carbons (Fsp3) is 0. The summed E-state index contributed by atoms with van der Waals surface area (Å²) in [5.41, 5.74) is 6.95. The van der Waals surface area contributed by atoms with E-state index < -0.39 is 0 Å². The molecule has 12 heavy (non-hydrogen) atoms. The second-order valence-electron chi connectivity index (χ2n) is 2.30. The first-order chi connectivity index (χ1) is 5.86. The SMILES string of the molecule is Nc1cnc(-c2ccn[nH]2)cn1. The molecule has 2 rings (SSSR count). The van der Waals surface area contributed by atoms with Gasteiger partial charge in [0.25, 0.3) is 0 Å². The fourth-order valence-electron chi connectivity index (χ4n) is 0.876. The van der Waals surface area contributed by atoms with Gasteiger partial charge in [-0.25, -0.2) is 9.97 Å². The van der Waals surface area contributed by atoms with Crippen LogP contribution in [0.15, 0.2) is 24.7 Å². The lowest BCUT2D eigenvalue weighted by atomic mass is 10.3. The van der Waals surface area contributed by atoms with Crippen molar-refractivity contribution >= 4 is 5.82 Å². The van der Waals surface area contributed by atoms with Crippen molar-refractivity contribution < 1.29 is 0 Å². The molecule has 0 bridgehead atoms. The number of nitrogen functional groups attached to an aromatic ring is 1. The van der Waals surface area contributed by atoms with Gasteiger partial charge in [0.2, 0.25) is 0 Å². The standard InChI is InChI=1S/C7H7N5/c8-7-4-9-6(3-10-7)5-1-2-11-12-5/h1-4H,(H2,8,10)(H,11,12). The lowest BCUT2D eigenvalue weighted by Crippen LogP contribution is -1.92. The van der Waals surface area contributed by atoms with Gasteiger partial charge in [0.1, 0.15) is 11.5 Å². The van der Waals surface area contributed by atoms with Gasteiger partial charge < -0.3 is 5.73 Å². The minimum absolute atomic E-state index is 0.415. The second-order valence-corrected chi connectivity index (χ2v) is 2.30. The van der Waals surface area contributed by atoms with E-state index in [0.717, 1.165) is 11.4 Å². The Bertz CT molecular complexity index is 350. The summed E-state index contributed by atoms with van der Waals surface area (Å²) in [6, 6.07) is 1.82. The Balaban J connectivity index is 2.43. The zero-order chi connectivity index (χ0) is 8.39. The summed E-state index contributed by atoms with van der Waals surface area (Å²) in [6.07, 6.45) is 4.77. The highest BCUT2D eigenvalue weighted by Gasteiger charge is 1.98. The maximum absolute atomic E-state index is 5.38. The molecule has 2 heterocycles. The lowest BCUT2D eigenvalue weighted by Gasteiger charge is -1.94. The number of H-pyrrole nitrogens is 1. The van der Waals surface area contributed by atoms with Gasteiger partial charge in [-0.1, -0.05) is 0 Å². The van der Waals surface area contributed by atoms with E-state index in [0.29, 0.717) is 5.82 Å². The third kappa shape index (κ3) is 1.12. The summed E-state index contributed by atoms with van der Waals surface area (Å²) in [6.45, 7) is 0. The Hall–Kier alpha value is -1.91. The number of aromatic amines is 1. The van der Waals surface area contributed by atoms with Crippen LogP contribution in [0.2, 0.25) is 0 Å². The number of rotatable bonds is 1. The summed E-state index contributed by atoms with van der Waals surface area (Å²) in [4.78, 5) is 7.96. The first kappa shape index (κ1) is 6.78.